The van der Waals surface area contributed by atoms with E-state index < -0.39 is 15.8 Å². The third-order valence-corrected chi connectivity index (χ3v) is 6.14. The predicted molar refractivity (Wildman–Crippen MR) is 85.7 cm³/mol. The number of aromatic nitrogens is 2. The summed E-state index contributed by atoms with van der Waals surface area (Å²) in [5.74, 6) is 0.300. The number of halogens is 1. The van der Waals surface area contributed by atoms with Gasteiger partial charge in [0.05, 0.1) is 5.75 Å². The van der Waals surface area contributed by atoms with Gasteiger partial charge in [0.25, 0.3) is 0 Å². The van der Waals surface area contributed by atoms with Gasteiger partial charge in [-0.2, -0.15) is 4.31 Å². The zero-order valence-electron chi connectivity index (χ0n) is 13.0. The van der Waals surface area contributed by atoms with Crippen LogP contribution in [0.5, 0.6) is 0 Å². The van der Waals surface area contributed by atoms with E-state index in [9.17, 15) is 12.8 Å². The van der Waals surface area contributed by atoms with Crippen LogP contribution in [0.15, 0.2) is 36.7 Å². The van der Waals surface area contributed by atoms with E-state index in [-0.39, 0.29) is 11.8 Å². The maximum Gasteiger partial charge on any atom is 0.218 e. The van der Waals surface area contributed by atoms with Crippen molar-refractivity contribution in [2.24, 2.45) is 0 Å². The van der Waals surface area contributed by atoms with Gasteiger partial charge in [0.1, 0.15) is 11.6 Å². The van der Waals surface area contributed by atoms with Crippen LogP contribution < -0.4 is 0 Å². The standard InChI is InChI=1S/C16H20FN3O2S/c1-13-18-7-9-19(13)11-16-6-3-8-20(16)23(21,22)12-14-4-2-5-15(17)10-14/h2,4-5,7,9-10,16H,3,6,8,11-12H2,1H3/t16-/m1/s1. The highest BCUT2D eigenvalue weighted by Crippen LogP contribution is 2.25. The molecule has 1 aliphatic heterocycles. The van der Waals surface area contributed by atoms with Crippen molar-refractivity contribution < 1.29 is 12.8 Å². The van der Waals surface area contributed by atoms with Gasteiger partial charge in [0, 0.05) is 31.5 Å². The maximum absolute atomic E-state index is 13.3. The van der Waals surface area contributed by atoms with Gasteiger partial charge in [-0.1, -0.05) is 12.1 Å². The molecule has 1 atom stereocenters. The third kappa shape index (κ3) is 3.61. The molecule has 1 aliphatic rings. The zero-order chi connectivity index (χ0) is 16.4. The first kappa shape index (κ1) is 16.1. The number of imidazole rings is 1. The molecule has 23 heavy (non-hydrogen) atoms. The SMILES string of the molecule is Cc1nccn1C[C@H]1CCCN1S(=O)(=O)Cc1cccc(F)c1. The highest BCUT2D eigenvalue weighted by molar-refractivity contribution is 7.88. The van der Waals surface area contributed by atoms with E-state index in [0.29, 0.717) is 18.7 Å². The Hall–Kier alpha value is -1.73. The molecular formula is C16H20FN3O2S. The molecule has 1 saturated heterocycles. The van der Waals surface area contributed by atoms with Crippen LogP contribution in [-0.2, 0) is 22.3 Å². The fourth-order valence-corrected chi connectivity index (χ4v) is 4.90. The molecule has 0 radical (unpaired) electrons. The van der Waals surface area contributed by atoms with Crippen LogP contribution in [0.3, 0.4) is 0 Å². The lowest BCUT2D eigenvalue weighted by Gasteiger charge is -2.25. The van der Waals surface area contributed by atoms with Crippen molar-refractivity contribution >= 4 is 10.0 Å². The van der Waals surface area contributed by atoms with Gasteiger partial charge in [-0.3, -0.25) is 0 Å². The summed E-state index contributed by atoms with van der Waals surface area (Å²) >= 11 is 0. The van der Waals surface area contributed by atoms with Crippen LogP contribution in [0.25, 0.3) is 0 Å². The topological polar surface area (TPSA) is 55.2 Å². The fraction of sp³-hybridized carbons (Fsp3) is 0.438. The van der Waals surface area contributed by atoms with Crippen molar-refractivity contribution in [2.75, 3.05) is 6.54 Å². The Morgan fingerprint density at radius 3 is 2.91 bits per heavy atom. The number of hydrogen-bond acceptors (Lipinski definition) is 3. The summed E-state index contributed by atoms with van der Waals surface area (Å²) < 4.78 is 42.2. The van der Waals surface area contributed by atoms with Crippen LogP contribution in [0.1, 0.15) is 24.2 Å². The lowest BCUT2D eigenvalue weighted by atomic mass is 10.2. The molecule has 5 nitrogen and oxygen atoms in total. The first-order chi connectivity index (χ1) is 11.0. The largest absolute Gasteiger partial charge is 0.334 e. The molecule has 1 aromatic carbocycles. The average Bonchev–Trinajstić information content (AvgIpc) is 3.09. The van der Waals surface area contributed by atoms with Crippen molar-refractivity contribution in [1.82, 2.24) is 13.9 Å². The molecule has 1 aromatic heterocycles. The number of hydrogen-bond donors (Lipinski definition) is 0. The molecule has 0 N–H and O–H groups in total. The molecule has 0 amide bonds. The van der Waals surface area contributed by atoms with Gasteiger partial charge < -0.3 is 4.57 Å². The molecule has 1 fully saturated rings. The van der Waals surface area contributed by atoms with Gasteiger partial charge in [0.2, 0.25) is 10.0 Å². The zero-order valence-corrected chi connectivity index (χ0v) is 13.8. The van der Waals surface area contributed by atoms with Crippen LogP contribution in [0.4, 0.5) is 4.39 Å². The van der Waals surface area contributed by atoms with Gasteiger partial charge in [-0.05, 0) is 37.5 Å². The number of sulfonamides is 1. The van der Waals surface area contributed by atoms with E-state index in [1.54, 1.807) is 16.6 Å². The summed E-state index contributed by atoms with van der Waals surface area (Å²) in [6.07, 6.45) is 5.27. The first-order valence-corrected chi connectivity index (χ1v) is 9.28. The number of rotatable bonds is 5. The summed E-state index contributed by atoms with van der Waals surface area (Å²) in [5, 5.41) is 0. The van der Waals surface area contributed by atoms with E-state index in [4.69, 9.17) is 0 Å². The molecule has 0 spiro atoms. The second-order valence-corrected chi connectivity index (χ2v) is 7.84. The van der Waals surface area contributed by atoms with Crippen molar-refractivity contribution in [1.29, 1.82) is 0 Å². The Labute approximate surface area is 135 Å². The minimum Gasteiger partial charge on any atom is -0.334 e. The Morgan fingerprint density at radius 2 is 2.22 bits per heavy atom. The minimum absolute atomic E-state index is 0.0681. The number of nitrogens with zero attached hydrogens (tertiary/aromatic N) is 3. The van der Waals surface area contributed by atoms with Crippen molar-refractivity contribution in [3.8, 4) is 0 Å². The van der Waals surface area contributed by atoms with E-state index in [2.05, 4.69) is 4.98 Å². The van der Waals surface area contributed by atoms with Crippen LogP contribution in [0.2, 0.25) is 0 Å². The van der Waals surface area contributed by atoms with E-state index in [0.717, 1.165) is 18.7 Å². The van der Waals surface area contributed by atoms with Gasteiger partial charge >= 0.3 is 0 Å². The van der Waals surface area contributed by atoms with Crippen molar-refractivity contribution in [3.63, 3.8) is 0 Å². The Kier molecular flexibility index (Phi) is 4.50. The predicted octanol–water partition coefficient (Wildman–Crippen LogP) is 2.33. The van der Waals surface area contributed by atoms with Gasteiger partial charge in [0.15, 0.2) is 0 Å². The van der Waals surface area contributed by atoms with Crippen molar-refractivity contribution in [3.05, 3.63) is 53.9 Å². The first-order valence-electron chi connectivity index (χ1n) is 7.67. The molecule has 2 aromatic rings. The fourth-order valence-electron chi connectivity index (χ4n) is 3.10. The monoisotopic (exact) mass is 337 g/mol. The van der Waals surface area contributed by atoms with E-state index in [1.807, 2.05) is 17.7 Å². The minimum atomic E-state index is -3.46. The van der Waals surface area contributed by atoms with Crippen LogP contribution in [-0.4, -0.2) is 34.9 Å². The lowest BCUT2D eigenvalue weighted by Crippen LogP contribution is -2.38. The van der Waals surface area contributed by atoms with Gasteiger partial charge in [-0.15, -0.1) is 0 Å². The lowest BCUT2D eigenvalue weighted by molar-refractivity contribution is 0.349. The number of aryl methyl sites for hydroxylation is 1. The van der Waals surface area contributed by atoms with Gasteiger partial charge in [-0.25, -0.2) is 17.8 Å². The van der Waals surface area contributed by atoms with Crippen LogP contribution in [0, 0.1) is 12.7 Å². The summed E-state index contributed by atoms with van der Waals surface area (Å²) in [6.45, 7) is 3.03. The molecule has 7 heteroatoms. The maximum atomic E-state index is 13.3. The molecule has 0 aliphatic carbocycles. The summed E-state index contributed by atoms with van der Waals surface area (Å²) in [4.78, 5) is 4.18. The Bertz CT molecular complexity index is 788. The summed E-state index contributed by atoms with van der Waals surface area (Å²) in [7, 11) is -3.46. The normalized spacial score (nSPS) is 19.3. The second-order valence-electron chi connectivity index (χ2n) is 5.92. The van der Waals surface area contributed by atoms with E-state index in [1.165, 1.54) is 18.2 Å². The molecular weight excluding hydrogens is 317 g/mol. The molecule has 0 bridgehead atoms. The molecule has 0 unspecified atom stereocenters. The summed E-state index contributed by atoms with van der Waals surface area (Å²) in [5.41, 5.74) is 0.481. The highest BCUT2D eigenvalue weighted by atomic mass is 32.2. The quantitative estimate of drug-likeness (QED) is 0.841. The van der Waals surface area contributed by atoms with Crippen LogP contribution >= 0.6 is 0 Å². The number of benzene rings is 1. The summed E-state index contributed by atoms with van der Waals surface area (Å²) in [6, 6.07) is 5.71. The average molecular weight is 337 g/mol. The highest BCUT2D eigenvalue weighted by Gasteiger charge is 2.34. The molecule has 3 rings (SSSR count). The third-order valence-electron chi connectivity index (χ3n) is 4.25. The van der Waals surface area contributed by atoms with E-state index >= 15 is 0 Å². The molecule has 2 heterocycles. The Morgan fingerprint density at radius 1 is 1.39 bits per heavy atom. The Balaban J connectivity index is 1.77. The molecule has 0 saturated carbocycles. The molecule has 124 valence electrons. The van der Waals surface area contributed by atoms with Crippen molar-refractivity contribution in [2.45, 2.75) is 38.1 Å². The second kappa shape index (κ2) is 6.41. The smallest absolute Gasteiger partial charge is 0.218 e.